The number of hydrazone groups is 1. The fourth-order valence-electron chi connectivity index (χ4n) is 3.00. The molecule has 0 bridgehead atoms. The number of aromatic nitrogens is 3. The van der Waals surface area contributed by atoms with Crippen molar-refractivity contribution in [2.24, 2.45) is 15.3 Å². The molecule has 1 aromatic heterocycles. The van der Waals surface area contributed by atoms with Gasteiger partial charge in [-0.1, -0.05) is 68.4 Å². The molecule has 0 saturated carbocycles. The Morgan fingerprint density at radius 2 is 1.50 bits per heavy atom. The van der Waals surface area contributed by atoms with Gasteiger partial charge in [-0.25, -0.2) is 0 Å². The molecule has 1 heterocycles. The maximum atomic E-state index is 9.86. The number of halogens is 2. The molecule has 0 atom stereocenters. The van der Waals surface area contributed by atoms with Crippen LogP contribution in [0.25, 0.3) is 0 Å². The van der Waals surface area contributed by atoms with Crippen LogP contribution < -0.4 is 20.5 Å². The molecule has 0 saturated heterocycles. The molecule has 0 spiro atoms. The first-order valence-corrected chi connectivity index (χ1v) is 19.3. The molecule has 0 fully saturated rings. The monoisotopic (exact) mass is 876 g/mol. The van der Waals surface area contributed by atoms with Crippen LogP contribution in [-0.2, 0) is 22.0 Å². The number of rotatable bonds is 8. The number of phenols is 1. The molecule has 0 aliphatic rings. The Kier molecular flexibility index (Phi) is 22.5. The van der Waals surface area contributed by atoms with Gasteiger partial charge in [0.05, 0.1) is 7.11 Å². The van der Waals surface area contributed by atoms with Crippen molar-refractivity contribution in [2.45, 2.75) is 20.8 Å². The van der Waals surface area contributed by atoms with E-state index in [1.165, 1.54) is 7.11 Å². The van der Waals surface area contributed by atoms with E-state index >= 15 is 0 Å². The minimum absolute atomic E-state index is 0. The number of phenolic OH excluding ortho intramolecular Hbond substituents is 1. The number of para-hydroxylation sites is 3. The van der Waals surface area contributed by atoms with Gasteiger partial charge in [-0.15, -0.1) is 10.2 Å². The quantitative estimate of drug-likeness (QED) is 0.0306. The van der Waals surface area contributed by atoms with Gasteiger partial charge in [0.25, 0.3) is 0 Å². The summed E-state index contributed by atoms with van der Waals surface area (Å²) in [6.07, 6.45) is 0. The Bertz CT molecular complexity index is 1420. The van der Waals surface area contributed by atoms with Gasteiger partial charge in [0.1, 0.15) is 22.9 Å². The molecule has 241 valence electrons. The van der Waals surface area contributed by atoms with E-state index in [4.69, 9.17) is 9.78 Å². The van der Waals surface area contributed by atoms with E-state index in [-0.39, 0.29) is 22.8 Å². The van der Waals surface area contributed by atoms with Crippen molar-refractivity contribution in [3.8, 4) is 11.5 Å². The summed E-state index contributed by atoms with van der Waals surface area (Å²) in [5.41, 5.74) is 4.63. The molecule has 12 nitrogen and oxygen atoms in total. The molecule has 4 rings (SSSR count). The minimum Gasteiger partial charge on any atom is -0.506 e. The van der Waals surface area contributed by atoms with Crippen LogP contribution in [0.1, 0.15) is 25.2 Å². The van der Waals surface area contributed by atoms with Crippen molar-refractivity contribution in [3.63, 3.8) is 0 Å². The normalized spacial score (nSPS) is 9.98. The van der Waals surface area contributed by atoms with Gasteiger partial charge in [-0.3, -0.25) is 5.43 Å². The fourth-order valence-corrected chi connectivity index (χ4v) is 3.00. The molecule has 3 N–H and O–H groups in total. The number of aromatic hydroxyl groups is 1. The molecule has 0 aliphatic carbocycles. The van der Waals surface area contributed by atoms with E-state index in [0.717, 1.165) is 11.4 Å². The number of nitrogens with zero attached hydrogens (tertiary/aromatic N) is 7. The number of nitrogens with one attached hydrogen (secondary N) is 2. The summed E-state index contributed by atoms with van der Waals surface area (Å²) in [6.45, 7) is 5.84. The van der Waals surface area contributed by atoms with Crippen molar-refractivity contribution in [1.29, 1.82) is 0 Å². The smallest absolute Gasteiger partial charge is 0.229 e. The number of azo groups is 1. The Labute approximate surface area is 292 Å². The summed E-state index contributed by atoms with van der Waals surface area (Å²) >= 11 is 4.24. The predicted octanol–water partition coefficient (Wildman–Crippen LogP) is 7.97. The molecule has 0 aliphatic heterocycles. The number of hydrogen-bond donors (Lipinski definition) is 3. The van der Waals surface area contributed by atoms with Crippen molar-refractivity contribution in [1.82, 2.24) is 15.0 Å². The van der Waals surface area contributed by atoms with Crippen molar-refractivity contribution >= 4 is 66.3 Å². The summed E-state index contributed by atoms with van der Waals surface area (Å²) in [5, 5.41) is 25.4. The Hall–Kier alpha value is -3.12. The van der Waals surface area contributed by atoms with Gasteiger partial charge in [0.15, 0.2) is 5.75 Å². The van der Waals surface area contributed by atoms with Crippen molar-refractivity contribution < 1.29 is 32.0 Å². The van der Waals surface area contributed by atoms with E-state index < -0.39 is 0 Å². The van der Waals surface area contributed by atoms with Crippen molar-refractivity contribution in [3.05, 3.63) is 90.3 Å². The molecule has 1 radical (unpaired) electrons. The maximum absolute atomic E-state index is 9.86. The first-order valence-electron chi connectivity index (χ1n) is 13.0. The second-order valence-corrected chi connectivity index (χ2v) is 8.00. The van der Waals surface area contributed by atoms with Gasteiger partial charge in [0.2, 0.25) is 17.7 Å². The van der Waals surface area contributed by atoms with Crippen LogP contribution in [0.4, 0.5) is 23.3 Å². The van der Waals surface area contributed by atoms with Crippen LogP contribution in [0.2, 0.25) is 0 Å². The second-order valence-electron chi connectivity index (χ2n) is 8.00. The maximum Gasteiger partial charge on any atom is 0.229 e. The van der Waals surface area contributed by atoms with E-state index in [0.29, 0.717) is 34.9 Å². The number of benzene rings is 3. The van der Waals surface area contributed by atoms with Gasteiger partial charge < -0.3 is 20.2 Å². The SMILES string of the molecule is CC.CNc1nc(C)nc(N(C)C)n1.COOc1ccccc1N/N=C(\N=Nc1ccccc1O)c1ccccc1.II.[Cu]. The average molecular weight is 877 g/mol. The molecular formula is C29H37CuI2N9O3. The number of hydrogen-bond acceptors (Lipinski definition) is 11. The molecule has 15 heteroatoms. The second kappa shape index (κ2) is 24.2. The first-order chi connectivity index (χ1) is 20.9. The molecule has 0 amide bonds. The number of aryl methyl sites for hydroxylation is 1. The summed E-state index contributed by atoms with van der Waals surface area (Å²) in [6, 6.07) is 23.3. The topological polar surface area (TPSA) is 142 Å². The molecular weight excluding hydrogens is 840 g/mol. The van der Waals surface area contributed by atoms with Crippen LogP contribution >= 0.6 is 37.2 Å². The summed E-state index contributed by atoms with van der Waals surface area (Å²) in [4.78, 5) is 24.0. The van der Waals surface area contributed by atoms with Crippen LogP contribution in [0.15, 0.2) is 94.2 Å². The fraction of sp³-hybridized carbons (Fsp3) is 0.241. The van der Waals surface area contributed by atoms with Gasteiger partial charge in [-0.05, 0) is 31.2 Å². The third-order valence-corrected chi connectivity index (χ3v) is 4.87. The number of amidine groups is 1. The third kappa shape index (κ3) is 14.6. The van der Waals surface area contributed by atoms with E-state index in [9.17, 15) is 5.11 Å². The van der Waals surface area contributed by atoms with Gasteiger partial charge in [-0.2, -0.15) is 24.9 Å². The van der Waals surface area contributed by atoms with Gasteiger partial charge in [0, 0.05) is 81.0 Å². The van der Waals surface area contributed by atoms with Crippen LogP contribution in [0.3, 0.4) is 0 Å². The zero-order valence-electron chi connectivity index (χ0n) is 25.5. The Morgan fingerprint density at radius 3 is 2.11 bits per heavy atom. The Morgan fingerprint density at radius 1 is 0.886 bits per heavy atom. The summed E-state index contributed by atoms with van der Waals surface area (Å²) < 4.78 is 0. The third-order valence-electron chi connectivity index (χ3n) is 4.87. The van der Waals surface area contributed by atoms with E-state index in [1.54, 1.807) is 43.4 Å². The van der Waals surface area contributed by atoms with Crippen LogP contribution in [0.5, 0.6) is 11.5 Å². The van der Waals surface area contributed by atoms with Gasteiger partial charge >= 0.3 is 0 Å². The number of anilines is 3. The Balaban J connectivity index is 0.000000915. The predicted molar refractivity (Wildman–Crippen MR) is 191 cm³/mol. The summed E-state index contributed by atoms with van der Waals surface area (Å²) in [7, 11) is 7.01. The van der Waals surface area contributed by atoms with Crippen LogP contribution in [0, 0.1) is 6.92 Å². The molecule has 0 unspecified atom stereocenters. The van der Waals surface area contributed by atoms with Crippen molar-refractivity contribution in [2.75, 3.05) is 43.9 Å². The summed E-state index contributed by atoms with van der Waals surface area (Å²) in [5.74, 6) is 2.86. The zero-order valence-corrected chi connectivity index (χ0v) is 30.7. The van der Waals surface area contributed by atoms with E-state index in [2.05, 4.69) is 78.3 Å². The molecule has 4 aromatic rings. The standard InChI is InChI=1S/C20H18N4O3.C7H13N5.C2H6.Cu.I2/c1-26-27-19-14-8-6-12-17(19)22-24-20(15-9-3-2-4-10-15)23-21-16-11-5-7-13-18(16)25;1-5-9-6(8-2)11-7(10-5)12(3)4;1-2;;1-2/h2-14,22,25H,1H3;1-4H3,(H,8,9,10,11);1-2H3;;/b23-21?,24-20-;;;;. The first kappa shape index (κ1) is 40.9. The average Bonchev–Trinajstić information content (AvgIpc) is 3.05. The molecule has 3 aromatic carbocycles. The van der Waals surface area contributed by atoms with E-state index in [1.807, 2.05) is 82.2 Å². The minimum atomic E-state index is 0. The molecule has 44 heavy (non-hydrogen) atoms. The zero-order chi connectivity index (χ0) is 32.0. The largest absolute Gasteiger partial charge is 0.506 e. The van der Waals surface area contributed by atoms with Crippen LogP contribution in [-0.4, -0.2) is 54.1 Å².